The minimum Gasteiger partial charge on any atom is -0.384 e. The second kappa shape index (κ2) is 6.59. The van der Waals surface area contributed by atoms with Crippen molar-refractivity contribution >= 4 is 19.7 Å². The Morgan fingerprint density at radius 1 is 1.10 bits per heavy atom. The van der Waals surface area contributed by atoms with Crippen molar-refractivity contribution in [2.24, 2.45) is 0 Å². The molecule has 0 saturated carbocycles. The highest BCUT2D eigenvalue weighted by Gasteiger charge is 2.26. The van der Waals surface area contributed by atoms with E-state index in [1.54, 1.807) is 0 Å². The van der Waals surface area contributed by atoms with Crippen LogP contribution >= 0.6 is 0 Å². The molecule has 0 unspecified atom stereocenters. The SMILES string of the molecule is COCCS(=O)(=O)Cc1ccc(S(=O)(=O)C(F)F)cc1. The standard InChI is InChI=1S/C11H14F2O5S2/c1-18-6-7-19(14,15)8-9-2-4-10(5-3-9)20(16,17)11(12)13/h2-5,11H,6-8H2,1H3. The average Bonchev–Trinajstić information content (AvgIpc) is 2.36. The third-order valence-electron chi connectivity index (χ3n) is 2.47. The van der Waals surface area contributed by atoms with Crippen molar-refractivity contribution in [2.45, 2.75) is 16.4 Å². The van der Waals surface area contributed by atoms with Gasteiger partial charge in [-0.05, 0) is 17.7 Å². The van der Waals surface area contributed by atoms with E-state index >= 15 is 0 Å². The number of halogens is 2. The molecule has 0 aromatic heterocycles. The summed E-state index contributed by atoms with van der Waals surface area (Å²) in [5.74, 6) is -3.97. The first-order valence-corrected chi connectivity index (χ1v) is 8.86. The maximum absolute atomic E-state index is 12.3. The van der Waals surface area contributed by atoms with Gasteiger partial charge in [0.2, 0.25) is 9.84 Å². The normalized spacial score (nSPS) is 12.8. The van der Waals surface area contributed by atoms with Crippen molar-refractivity contribution in [1.29, 1.82) is 0 Å². The summed E-state index contributed by atoms with van der Waals surface area (Å²) in [6.45, 7) is 0.0557. The Morgan fingerprint density at radius 3 is 2.10 bits per heavy atom. The highest BCUT2D eigenvalue weighted by atomic mass is 32.2. The Morgan fingerprint density at radius 2 is 1.65 bits per heavy atom. The second-order valence-electron chi connectivity index (χ2n) is 4.03. The van der Waals surface area contributed by atoms with Crippen LogP contribution < -0.4 is 0 Å². The van der Waals surface area contributed by atoms with Gasteiger partial charge in [-0.3, -0.25) is 0 Å². The maximum atomic E-state index is 12.3. The zero-order valence-corrected chi connectivity index (χ0v) is 12.3. The summed E-state index contributed by atoms with van der Waals surface area (Å²) in [5, 5.41) is 0. The average molecular weight is 328 g/mol. The van der Waals surface area contributed by atoms with E-state index in [4.69, 9.17) is 0 Å². The van der Waals surface area contributed by atoms with E-state index in [0.717, 1.165) is 12.1 Å². The molecule has 0 aliphatic heterocycles. The van der Waals surface area contributed by atoms with Gasteiger partial charge in [0.25, 0.3) is 0 Å². The van der Waals surface area contributed by atoms with Crippen molar-refractivity contribution in [3.05, 3.63) is 29.8 Å². The first-order valence-electron chi connectivity index (χ1n) is 5.49. The minimum absolute atomic E-state index is 0.0557. The summed E-state index contributed by atoms with van der Waals surface area (Å²) in [6.07, 6.45) is 0. The number of hydrogen-bond acceptors (Lipinski definition) is 5. The Kier molecular flexibility index (Phi) is 5.60. The van der Waals surface area contributed by atoms with Crippen molar-refractivity contribution in [3.63, 3.8) is 0 Å². The number of methoxy groups -OCH3 is 1. The van der Waals surface area contributed by atoms with Crippen molar-refractivity contribution < 1.29 is 30.4 Å². The molecule has 5 nitrogen and oxygen atoms in total. The molecule has 0 radical (unpaired) electrons. The molecule has 20 heavy (non-hydrogen) atoms. The molecule has 0 atom stereocenters. The van der Waals surface area contributed by atoms with Gasteiger partial charge in [-0.15, -0.1) is 0 Å². The quantitative estimate of drug-likeness (QED) is 0.753. The van der Waals surface area contributed by atoms with Gasteiger partial charge in [0.05, 0.1) is 23.0 Å². The Hall–Kier alpha value is -1.06. The van der Waals surface area contributed by atoms with Gasteiger partial charge in [0, 0.05) is 7.11 Å². The Labute approximate surface area is 116 Å². The molecular weight excluding hydrogens is 314 g/mol. The zero-order valence-electron chi connectivity index (χ0n) is 10.6. The molecule has 1 aromatic rings. The molecular formula is C11H14F2O5S2. The molecule has 114 valence electrons. The lowest BCUT2D eigenvalue weighted by atomic mass is 10.2. The van der Waals surface area contributed by atoms with Crippen LogP contribution in [0.5, 0.6) is 0 Å². The lowest BCUT2D eigenvalue weighted by Gasteiger charge is -2.06. The van der Waals surface area contributed by atoms with Crippen LogP contribution in [0.25, 0.3) is 0 Å². The Balaban J connectivity index is 2.88. The summed E-state index contributed by atoms with van der Waals surface area (Å²) >= 11 is 0. The molecule has 9 heteroatoms. The van der Waals surface area contributed by atoms with E-state index in [0.29, 0.717) is 5.56 Å². The maximum Gasteiger partial charge on any atom is 0.341 e. The topological polar surface area (TPSA) is 77.5 Å². The summed E-state index contributed by atoms with van der Waals surface area (Å²) in [7, 11) is -6.66. The highest BCUT2D eigenvalue weighted by Crippen LogP contribution is 2.19. The van der Waals surface area contributed by atoms with Gasteiger partial charge in [-0.2, -0.15) is 8.78 Å². The van der Waals surface area contributed by atoms with E-state index in [9.17, 15) is 25.6 Å². The number of hydrogen-bond donors (Lipinski definition) is 0. The molecule has 1 aromatic carbocycles. The van der Waals surface area contributed by atoms with Gasteiger partial charge in [-0.1, -0.05) is 12.1 Å². The minimum atomic E-state index is -4.65. The number of ether oxygens (including phenoxy) is 1. The van der Waals surface area contributed by atoms with Crippen LogP contribution in [0.3, 0.4) is 0 Å². The fraction of sp³-hybridized carbons (Fsp3) is 0.455. The zero-order chi connectivity index (χ0) is 15.4. The molecule has 0 saturated heterocycles. The van der Waals surface area contributed by atoms with Crippen molar-refractivity contribution in [3.8, 4) is 0 Å². The lowest BCUT2D eigenvalue weighted by Crippen LogP contribution is -2.14. The van der Waals surface area contributed by atoms with Crippen LogP contribution in [0.4, 0.5) is 8.78 Å². The van der Waals surface area contributed by atoms with Crippen LogP contribution in [-0.2, 0) is 30.2 Å². The van der Waals surface area contributed by atoms with Crippen LogP contribution in [0.15, 0.2) is 29.2 Å². The number of alkyl halides is 2. The van der Waals surface area contributed by atoms with E-state index in [-0.39, 0.29) is 18.1 Å². The molecule has 0 fully saturated rings. The van der Waals surface area contributed by atoms with Crippen molar-refractivity contribution in [2.75, 3.05) is 19.5 Å². The summed E-state index contributed by atoms with van der Waals surface area (Å²) in [4.78, 5) is -0.537. The van der Waals surface area contributed by atoms with E-state index in [2.05, 4.69) is 4.74 Å². The fourth-order valence-corrected chi connectivity index (χ4v) is 3.40. The van der Waals surface area contributed by atoms with Gasteiger partial charge >= 0.3 is 5.76 Å². The van der Waals surface area contributed by atoms with Gasteiger partial charge in [0.1, 0.15) is 0 Å². The van der Waals surface area contributed by atoms with Crippen LogP contribution in [-0.4, -0.2) is 42.1 Å². The predicted octanol–water partition coefficient (Wildman–Crippen LogP) is 1.24. The monoisotopic (exact) mass is 328 g/mol. The van der Waals surface area contributed by atoms with Gasteiger partial charge in [0.15, 0.2) is 9.84 Å². The summed E-state index contributed by atoms with van der Waals surface area (Å²) in [6, 6.07) is 4.37. The number of sulfone groups is 2. The summed E-state index contributed by atoms with van der Waals surface area (Å²) < 4.78 is 74.9. The third-order valence-corrected chi connectivity index (χ3v) is 5.43. The second-order valence-corrected chi connectivity index (χ2v) is 8.14. The van der Waals surface area contributed by atoms with E-state index in [1.807, 2.05) is 0 Å². The molecule has 0 spiro atoms. The van der Waals surface area contributed by atoms with Crippen molar-refractivity contribution in [1.82, 2.24) is 0 Å². The molecule has 0 N–H and O–H groups in total. The lowest BCUT2D eigenvalue weighted by molar-refractivity contribution is 0.217. The van der Waals surface area contributed by atoms with E-state index in [1.165, 1.54) is 19.2 Å². The van der Waals surface area contributed by atoms with E-state index < -0.39 is 30.3 Å². The van der Waals surface area contributed by atoms with Crippen LogP contribution in [0, 0.1) is 0 Å². The number of benzene rings is 1. The molecule has 1 rings (SSSR count). The molecule has 0 aliphatic carbocycles. The Bertz CT molecular complexity index is 636. The molecule has 0 bridgehead atoms. The van der Waals surface area contributed by atoms with Gasteiger partial charge in [-0.25, -0.2) is 16.8 Å². The fourth-order valence-electron chi connectivity index (χ4n) is 1.41. The first kappa shape index (κ1) is 17.0. The van der Waals surface area contributed by atoms with Crippen LogP contribution in [0.1, 0.15) is 5.56 Å². The smallest absolute Gasteiger partial charge is 0.341 e. The highest BCUT2D eigenvalue weighted by molar-refractivity contribution is 7.91. The molecule has 0 heterocycles. The first-order chi connectivity index (χ1) is 9.19. The summed E-state index contributed by atoms with van der Waals surface area (Å²) in [5.41, 5.74) is 0.328. The van der Waals surface area contributed by atoms with Gasteiger partial charge < -0.3 is 4.74 Å². The van der Waals surface area contributed by atoms with Crippen LogP contribution in [0.2, 0.25) is 0 Å². The molecule has 0 aliphatic rings. The number of rotatable bonds is 7. The predicted molar refractivity (Wildman–Crippen MR) is 69.0 cm³/mol. The largest absolute Gasteiger partial charge is 0.384 e. The molecule has 0 amide bonds. The third kappa shape index (κ3) is 4.50.